The van der Waals surface area contributed by atoms with Gasteiger partial charge in [-0.3, -0.25) is 0 Å². The molecule has 0 atom stereocenters. The molecule has 23 nitrogen and oxygen atoms in total. The van der Waals surface area contributed by atoms with E-state index in [4.69, 9.17) is 20.4 Å². The van der Waals surface area contributed by atoms with Crippen LogP contribution in [0.15, 0.2) is 43.8 Å². The minimum Gasteiger partial charge on any atom is -0.744 e. The average molecular weight is 784 g/mol. The molecule has 0 saturated heterocycles. The van der Waals surface area contributed by atoms with Gasteiger partial charge in [0.05, 0.1) is 9.79 Å². The second-order valence-electron chi connectivity index (χ2n) is 5.39. The second kappa shape index (κ2) is 19.0. The smallest absolute Gasteiger partial charge is 0.744 e. The number of benzene rings is 2. The third-order valence-electron chi connectivity index (χ3n) is 3.17. The van der Waals surface area contributed by atoms with Crippen molar-refractivity contribution < 1.29 is 111 Å². The fraction of sp³-hybridized carbons (Fsp3) is 0. The van der Waals surface area contributed by atoms with E-state index in [0.29, 0.717) is 12.1 Å². The van der Waals surface area contributed by atoms with E-state index in [1.807, 2.05) is 0 Å². The van der Waals surface area contributed by atoms with Crippen LogP contribution in [0.2, 0.25) is 0 Å². The molecule has 0 saturated carbocycles. The second-order valence-corrected chi connectivity index (χ2v) is 10.9. The summed E-state index contributed by atoms with van der Waals surface area (Å²) >= 11 is 0. The first-order valence-corrected chi connectivity index (χ1v) is 12.7. The quantitative estimate of drug-likeness (QED) is 0.127. The number of rotatable bonds is 4. The van der Waals surface area contributed by atoms with Crippen LogP contribution in [-0.4, -0.2) is 135 Å². The predicted octanol–water partition coefficient (Wildman–Crippen LogP) is -8.34. The normalized spacial score (nSPS) is 10.1. The first-order valence-electron chi connectivity index (χ1n) is 7.02. The van der Waals surface area contributed by atoms with E-state index in [2.05, 4.69) is 0 Å². The van der Waals surface area contributed by atoms with Crippen LogP contribution in [0.3, 0.4) is 0 Å². The van der Waals surface area contributed by atoms with E-state index in [9.17, 15) is 51.9 Å². The fourth-order valence-electron chi connectivity index (χ4n) is 1.81. The molecular weight excluding hydrogens is 762 g/mol. The summed E-state index contributed by atoms with van der Waals surface area (Å²) in [5.41, 5.74) is 0. The molecule has 2 aromatic rings. The van der Waals surface area contributed by atoms with E-state index >= 15 is 0 Å². The van der Waals surface area contributed by atoms with Gasteiger partial charge < -0.3 is 77.0 Å². The maximum Gasteiger partial charge on any atom is 4.00 e. The maximum atomic E-state index is 10.6. The van der Waals surface area contributed by atoms with Gasteiger partial charge in [0.25, 0.3) is 0 Å². The Hall–Kier alpha value is -2.18. The van der Waals surface area contributed by atoms with Crippen LogP contribution in [0.1, 0.15) is 0 Å². The summed E-state index contributed by atoms with van der Waals surface area (Å²) in [5, 5.41) is 35.9. The molecule has 0 unspecified atom stereocenters. The minimum absolute atomic E-state index is 0. The molecule has 28 heteroatoms. The Morgan fingerprint density at radius 1 is 0.425 bits per heavy atom. The average Bonchev–Trinajstić information content (AvgIpc) is 2.56. The summed E-state index contributed by atoms with van der Waals surface area (Å²) in [4.78, 5) is -5.00. The first kappa shape index (κ1) is 57.7. The number of aromatic hydroxyl groups is 4. The van der Waals surface area contributed by atoms with Crippen molar-refractivity contribution in [1.82, 2.24) is 0 Å². The maximum absolute atomic E-state index is 10.6. The molecule has 0 bridgehead atoms. The third-order valence-corrected chi connectivity index (χ3v) is 6.50. The summed E-state index contributed by atoms with van der Waals surface area (Å²) in [6.07, 6.45) is 0. The van der Waals surface area contributed by atoms with Crippen molar-refractivity contribution in [2.45, 2.75) is 19.6 Å². The molecule has 1 radical (unpaired) electrons. The van der Waals surface area contributed by atoms with Crippen LogP contribution >= 0.6 is 0 Å². The van der Waals surface area contributed by atoms with E-state index < -0.39 is 83.1 Å². The predicted molar refractivity (Wildman–Crippen MR) is 122 cm³/mol. The van der Waals surface area contributed by atoms with Crippen molar-refractivity contribution in [3.63, 3.8) is 0 Å². The molecule has 18 N–H and O–H groups in total. The summed E-state index contributed by atoms with van der Waals surface area (Å²) < 4.78 is 127. The summed E-state index contributed by atoms with van der Waals surface area (Å²) in [6.45, 7) is 0. The number of hydrogen-bond donors (Lipinski definition) is 4. The fourth-order valence-corrected chi connectivity index (χ4v) is 4.22. The van der Waals surface area contributed by atoms with Crippen molar-refractivity contribution in [3.8, 4) is 23.0 Å². The van der Waals surface area contributed by atoms with Crippen LogP contribution in [0.25, 0.3) is 0 Å². The van der Waals surface area contributed by atoms with Crippen molar-refractivity contribution in [2.75, 3.05) is 0 Å². The Balaban J connectivity index is -0.0000000711. The zero-order valence-electron chi connectivity index (χ0n) is 18.6. The Morgan fingerprint density at radius 3 is 0.775 bits per heavy atom. The van der Waals surface area contributed by atoms with E-state index in [1.54, 1.807) is 0 Å². The van der Waals surface area contributed by atoms with Gasteiger partial charge in [0, 0.05) is 12.1 Å². The molecule has 0 aliphatic carbocycles. The van der Waals surface area contributed by atoms with Crippen LogP contribution in [0.4, 0.5) is 0 Å². The largest absolute Gasteiger partial charge is 4.00 e. The molecule has 40 heavy (non-hydrogen) atoms. The van der Waals surface area contributed by atoms with Gasteiger partial charge >= 0.3 is 24.4 Å². The summed E-state index contributed by atoms with van der Waals surface area (Å²) in [7, 11) is -20.5. The van der Waals surface area contributed by atoms with Gasteiger partial charge in [-0.1, -0.05) is 0 Å². The van der Waals surface area contributed by atoms with Gasteiger partial charge in [-0.15, -0.1) is 0 Å². The summed E-state index contributed by atoms with van der Waals surface area (Å²) in [6, 6.07) is 1.04. The SMILES string of the molecule is O.O.O.O.O.O.O.O=S(=O)([O-])c1cc(O)c(O)c(S(=O)(=O)[O-])c1.O=S(=O)([O-])c1cc(O)c(O)c(S(=O)(=O)[O-])c1.[Sb+4]. The van der Waals surface area contributed by atoms with Crippen molar-refractivity contribution in [2.24, 2.45) is 0 Å². The first-order chi connectivity index (χ1) is 14.1. The Bertz CT molecular complexity index is 1380. The van der Waals surface area contributed by atoms with Gasteiger partial charge in [0.1, 0.15) is 50.3 Å². The molecular formula is C12H22O23S4Sb. The Kier molecular flexibility index (Phi) is 27.4. The molecule has 0 heterocycles. The molecule has 0 amide bonds. The molecule has 0 aliphatic heterocycles. The van der Waals surface area contributed by atoms with E-state index in [0.717, 1.165) is 0 Å². The van der Waals surface area contributed by atoms with Gasteiger partial charge in [0.2, 0.25) is 0 Å². The van der Waals surface area contributed by atoms with Crippen LogP contribution in [0.5, 0.6) is 23.0 Å². The third kappa shape index (κ3) is 15.0. The number of hydrogen-bond acceptors (Lipinski definition) is 16. The van der Waals surface area contributed by atoms with Gasteiger partial charge in [-0.25, -0.2) is 33.7 Å². The zero-order chi connectivity index (χ0) is 25.4. The van der Waals surface area contributed by atoms with Crippen molar-refractivity contribution >= 4 is 64.9 Å². The van der Waals surface area contributed by atoms with Crippen molar-refractivity contribution in [3.05, 3.63) is 24.3 Å². The standard InChI is InChI=1S/2C6H6O8S2.7H2O.Sb/c2*7-4-1-3(15(9,10)11)2-5(6(4)8)16(12,13)14;;;;;;;;/h2*1-2,7-8H,(H,9,10,11)(H,12,13,14);7*1H2;/q;;;;;;;;;+4/p-4. The zero-order valence-corrected chi connectivity index (χ0v) is 24.4. The molecule has 2 rings (SSSR count). The van der Waals surface area contributed by atoms with Gasteiger partial charge in [-0.05, 0) is 12.1 Å². The van der Waals surface area contributed by atoms with E-state index in [1.165, 1.54) is 0 Å². The van der Waals surface area contributed by atoms with Gasteiger partial charge in [-0.2, -0.15) is 0 Å². The van der Waals surface area contributed by atoms with Crippen LogP contribution in [-0.2, 0) is 40.5 Å². The Labute approximate surface area is 241 Å². The Morgan fingerprint density at radius 2 is 0.625 bits per heavy atom. The monoisotopic (exact) mass is 783 g/mol. The topological polar surface area (TPSA) is 530 Å². The molecule has 0 aliphatic rings. The molecule has 0 fully saturated rings. The number of phenolic OH excluding ortho intramolecular Hbond substituents is 4. The van der Waals surface area contributed by atoms with E-state index in [-0.39, 0.29) is 74.9 Å². The van der Waals surface area contributed by atoms with Crippen LogP contribution in [0, 0.1) is 0 Å². The molecule has 2 aromatic carbocycles. The minimum atomic E-state index is -5.20. The molecule has 237 valence electrons. The molecule has 0 spiro atoms. The molecule has 0 aromatic heterocycles. The van der Waals surface area contributed by atoms with Crippen molar-refractivity contribution in [1.29, 1.82) is 0 Å². The van der Waals surface area contributed by atoms with Gasteiger partial charge in [0.15, 0.2) is 23.0 Å². The summed E-state index contributed by atoms with van der Waals surface area (Å²) in [5.74, 6) is -4.98. The number of phenols is 4. The van der Waals surface area contributed by atoms with Crippen LogP contribution < -0.4 is 0 Å².